The first-order valence-electron chi connectivity index (χ1n) is 20.5. The highest BCUT2D eigenvalue weighted by Crippen LogP contribution is 2.45. The van der Waals surface area contributed by atoms with Gasteiger partial charge >= 0.3 is 0 Å². The molecule has 0 amide bonds. The average Bonchev–Trinajstić information content (AvgIpc) is 3.73. The van der Waals surface area contributed by atoms with Crippen molar-refractivity contribution in [3.05, 3.63) is 224 Å². The molecule has 2 heterocycles. The maximum atomic E-state index is 5.17. The largest absolute Gasteiger partial charge is 0.208 e. The minimum atomic E-state index is 0.619. The van der Waals surface area contributed by atoms with Gasteiger partial charge in [0.05, 0.1) is 0 Å². The number of hydrogen-bond donors (Lipinski definition) is 0. The quantitative estimate of drug-likeness (QED) is 0.154. The molecule has 0 N–H and O–H groups in total. The molecule has 0 aliphatic rings. The first-order chi connectivity index (χ1) is 30.2. The summed E-state index contributed by atoms with van der Waals surface area (Å²) < 4.78 is 2.59. The molecule has 286 valence electrons. The van der Waals surface area contributed by atoms with Crippen molar-refractivity contribution >= 4 is 31.5 Å². The third kappa shape index (κ3) is 7.09. The van der Waals surface area contributed by atoms with Gasteiger partial charge in [0, 0.05) is 36.9 Å². The molecule has 0 radical (unpaired) electrons. The normalized spacial score (nSPS) is 11.3. The molecular weight excluding hydrogens is 759 g/mol. The molecule has 2 aromatic heterocycles. The summed E-state index contributed by atoms with van der Waals surface area (Å²) >= 11 is 1.85. The van der Waals surface area contributed by atoms with Crippen molar-refractivity contribution in [3.8, 4) is 89.8 Å². The van der Waals surface area contributed by atoms with Crippen LogP contribution in [0.4, 0.5) is 0 Å². The molecule has 9 aromatic carbocycles. The first kappa shape index (κ1) is 36.3. The zero-order chi connectivity index (χ0) is 40.5. The molecule has 0 aliphatic heterocycles. The van der Waals surface area contributed by atoms with E-state index < -0.39 is 0 Å². The van der Waals surface area contributed by atoms with Crippen LogP contribution in [0.15, 0.2) is 224 Å². The van der Waals surface area contributed by atoms with Crippen LogP contribution in [-0.2, 0) is 0 Å². The average molecular weight is 796 g/mol. The molecule has 4 heteroatoms. The zero-order valence-corrected chi connectivity index (χ0v) is 33.9. The maximum absolute atomic E-state index is 5.17. The highest BCUT2D eigenvalue weighted by Gasteiger charge is 2.20. The summed E-state index contributed by atoms with van der Waals surface area (Å²) in [6, 6.07) is 79.6. The number of aromatic nitrogens is 3. The van der Waals surface area contributed by atoms with E-state index in [4.69, 9.17) is 15.0 Å². The molecule has 0 bridgehead atoms. The van der Waals surface area contributed by atoms with Crippen LogP contribution < -0.4 is 0 Å². The zero-order valence-electron chi connectivity index (χ0n) is 33.1. The van der Waals surface area contributed by atoms with Crippen LogP contribution in [0.2, 0.25) is 0 Å². The van der Waals surface area contributed by atoms with E-state index in [0.717, 1.165) is 50.1 Å². The minimum absolute atomic E-state index is 0.619. The van der Waals surface area contributed by atoms with Gasteiger partial charge in [-0.25, -0.2) is 15.0 Å². The molecule has 0 saturated carbocycles. The number of rotatable bonds is 8. The molecule has 0 saturated heterocycles. The Morgan fingerprint density at radius 2 is 0.656 bits per heavy atom. The van der Waals surface area contributed by atoms with E-state index in [9.17, 15) is 0 Å². The summed E-state index contributed by atoms with van der Waals surface area (Å²) in [7, 11) is 0. The van der Waals surface area contributed by atoms with Gasteiger partial charge in [-0.1, -0.05) is 188 Å². The van der Waals surface area contributed by atoms with E-state index in [0.29, 0.717) is 17.5 Å². The Labute approximate surface area is 359 Å². The molecule has 0 atom stereocenters. The van der Waals surface area contributed by atoms with Crippen molar-refractivity contribution < 1.29 is 0 Å². The Morgan fingerprint density at radius 3 is 1.30 bits per heavy atom. The van der Waals surface area contributed by atoms with E-state index in [1.807, 2.05) is 35.6 Å². The number of benzene rings is 9. The summed E-state index contributed by atoms with van der Waals surface area (Å²) in [5, 5.41) is 2.57. The Kier molecular flexibility index (Phi) is 9.38. The third-order valence-corrected chi connectivity index (χ3v) is 12.5. The predicted octanol–water partition coefficient (Wildman–Crippen LogP) is 15.6. The monoisotopic (exact) mass is 795 g/mol. The Morgan fingerprint density at radius 1 is 0.246 bits per heavy atom. The van der Waals surface area contributed by atoms with Crippen molar-refractivity contribution in [1.29, 1.82) is 0 Å². The SMILES string of the molecule is c1ccc(-c2ccc(-c3nc(-c4ccccc4)nc(-c4cccc(-c5cc(-c6ccccc6)cc(-c6ccc7sc8ccccc8c7c6)c5-c5ccccc5)c4)n3)cc2)cc1. The third-order valence-electron chi connectivity index (χ3n) is 11.3. The van der Waals surface area contributed by atoms with Crippen molar-refractivity contribution in [2.24, 2.45) is 0 Å². The van der Waals surface area contributed by atoms with Crippen LogP contribution in [-0.4, -0.2) is 15.0 Å². The standard InChI is InChI=1S/C57H37N3S/c1-5-16-38(17-6-1)40-28-30-43(31-29-40)56-58-55(42-22-11-4-12-23-42)59-57(60-56)46-25-15-24-44(34-46)49-36-47(39-18-7-2-8-19-39)37-50(54(49)41-20-9-3-10-21-41)45-32-33-53-51(35-45)48-26-13-14-27-52(48)61-53/h1-37H. The molecule has 11 rings (SSSR count). The summed E-state index contributed by atoms with van der Waals surface area (Å²) in [5.74, 6) is 1.88. The first-order valence-corrected chi connectivity index (χ1v) is 21.3. The fourth-order valence-corrected chi connectivity index (χ4v) is 9.41. The molecule has 0 fully saturated rings. The molecule has 0 spiro atoms. The summed E-state index contributed by atoms with van der Waals surface area (Å²) in [6.45, 7) is 0. The highest BCUT2D eigenvalue weighted by atomic mass is 32.1. The Hall–Kier alpha value is -7.79. The van der Waals surface area contributed by atoms with E-state index in [1.165, 1.54) is 42.4 Å². The fraction of sp³-hybridized carbons (Fsp3) is 0. The molecule has 0 unspecified atom stereocenters. The number of fused-ring (bicyclic) bond motifs is 3. The topological polar surface area (TPSA) is 38.7 Å². The minimum Gasteiger partial charge on any atom is -0.208 e. The van der Waals surface area contributed by atoms with Crippen LogP contribution in [0.5, 0.6) is 0 Å². The van der Waals surface area contributed by atoms with Gasteiger partial charge in [-0.05, 0) is 92.0 Å². The van der Waals surface area contributed by atoms with Crippen molar-refractivity contribution in [2.75, 3.05) is 0 Å². The Bertz CT molecular complexity index is 3320. The number of hydrogen-bond acceptors (Lipinski definition) is 4. The second-order valence-corrected chi connectivity index (χ2v) is 16.3. The van der Waals surface area contributed by atoms with Gasteiger partial charge in [-0.15, -0.1) is 11.3 Å². The van der Waals surface area contributed by atoms with E-state index in [2.05, 4.69) is 200 Å². The van der Waals surface area contributed by atoms with Crippen LogP contribution in [0.3, 0.4) is 0 Å². The van der Waals surface area contributed by atoms with Gasteiger partial charge in [0.2, 0.25) is 0 Å². The second-order valence-electron chi connectivity index (χ2n) is 15.2. The van der Waals surface area contributed by atoms with Crippen molar-refractivity contribution in [2.45, 2.75) is 0 Å². The van der Waals surface area contributed by atoms with Crippen LogP contribution in [0, 0.1) is 0 Å². The van der Waals surface area contributed by atoms with Gasteiger partial charge in [0.15, 0.2) is 17.5 Å². The van der Waals surface area contributed by atoms with Crippen LogP contribution in [0.25, 0.3) is 110 Å². The highest BCUT2D eigenvalue weighted by molar-refractivity contribution is 7.25. The van der Waals surface area contributed by atoms with Gasteiger partial charge in [0.25, 0.3) is 0 Å². The molecular formula is C57H37N3S. The summed E-state index contributed by atoms with van der Waals surface area (Å²) in [5.41, 5.74) is 14.3. The predicted molar refractivity (Wildman–Crippen MR) is 256 cm³/mol. The number of thiophene rings is 1. The molecule has 3 nitrogen and oxygen atoms in total. The lowest BCUT2D eigenvalue weighted by atomic mass is 9.84. The number of nitrogens with zero attached hydrogens (tertiary/aromatic N) is 3. The molecule has 0 aliphatic carbocycles. The van der Waals surface area contributed by atoms with Crippen LogP contribution in [0.1, 0.15) is 0 Å². The van der Waals surface area contributed by atoms with E-state index in [-0.39, 0.29) is 0 Å². The van der Waals surface area contributed by atoms with Crippen molar-refractivity contribution in [3.63, 3.8) is 0 Å². The summed E-state index contributed by atoms with van der Waals surface area (Å²) in [6.07, 6.45) is 0. The second kappa shape index (κ2) is 15.8. The van der Waals surface area contributed by atoms with Gasteiger partial charge in [0.1, 0.15) is 0 Å². The van der Waals surface area contributed by atoms with E-state index >= 15 is 0 Å². The van der Waals surface area contributed by atoms with Crippen LogP contribution >= 0.6 is 11.3 Å². The van der Waals surface area contributed by atoms with E-state index in [1.54, 1.807) is 0 Å². The maximum Gasteiger partial charge on any atom is 0.164 e. The van der Waals surface area contributed by atoms with Gasteiger partial charge < -0.3 is 0 Å². The lowest BCUT2D eigenvalue weighted by Crippen LogP contribution is -2.00. The fourth-order valence-electron chi connectivity index (χ4n) is 8.32. The Balaban J connectivity index is 1.11. The molecule has 61 heavy (non-hydrogen) atoms. The lowest BCUT2D eigenvalue weighted by molar-refractivity contribution is 1.07. The lowest BCUT2D eigenvalue weighted by Gasteiger charge is -2.20. The van der Waals surface area contributed by atoms with Gasteiger partial charge in [-0.2, -0.15) is 0 Å². The smallest absolute Gasteiger partial charge is 0.164 e. The van der Waals surface area contributed by atoms with Crippen molar-refractivity contribution in [1.82, 2.24) is 15.0 Å². The summed E-state index contributed by atoms with van der Waals surface area (Å²) in [4.78, 5) is 15.4. The molecule has 11 aromatic rings. The van der Waals surface area contributed by atoms with Gasteiger partial charge in [-0.3, -0.25) is 0 Å².